The fraction of sp³-hybridized carbons (Fsp3) is 0.364. The van der Waals surface area contributed by atoms with Crippen molar-refractivity contribution >= 4 is 0 Å². The third-order valence-electron chi connectivity index (χ3n) is 2.60. The topological polar surface area (TPSA) is 85.2 Å². The second-order valence-corrected chi connectivity index (χ2v) is 3.70. The number of nitrogens with zero attached hydrogens (tertiary/aromatic N) is 1. The van der Waals surface area contributed by atoms with Gasteiger partial charge in [-0.3, -0.25) is 4.98 Å². The van der Waals surface area contributed by atoms with Gasteiger partial charge in [-0.15, -0.1) is 0 Å². The number of pyridine rings is 1. The molecule has 0 radical (unpaired) electrons. The largest absolute Gasteiger partial charge is 0.383 e. The minimum Gasteiger partial charge on any atom is -0.383 e. The summed E-state index contributed by atoms with van der Waals surface area (Å²) in [4.78, 5) is 4.36. The summed E-state index contributed by atoms with van der Waals surface area (Å²) in [5.74, 6) is 0. The van der Waals surface area contributed by atoms with Crippen LogP contribution in [0.3, 0.4) is 0 Å². The lowest BCUT2D eigenvalue weighted by Gasteiger charge is -2.18. The Morgan fingerprint density at radius 3 is 3.07 bits per heavy atom. The van der Waals surface area contributed by atoms with Crippen molar-refractivity contribution in [2.24, 2.45) is 11.5 Å². The number of aromatic nitrogens is 1. The Balaban J connectivity index is 2.37. The van der Waals surface area contributed by atoms with Crippen LogP contribution < -0.4 is 11.5 Å². The van der Waals surface area contributed by atoms with E-state index in [0.29, 0.717) is 12.2 Å². The van der Waals surface area contributed by atoms with Gasteiger partial charge in [0.1, 0.15) is 6.10 Å². The third-order valence-corrected chi connectivity index (χ3v) is 2.60. The van der Waals surface area contributed by atoms with Crippen molar-refractivity contribution in [2.75, 3.05) is 6.54 Å². The number of rotatable bonds is 2. The van der Waals surface area contributed by atoms with Crippen molar-refractivity contribution in [1.29, 1.82) is 0 Å². The van der Waals surface area contributed by atoms with Gasteiger partial charge in [0, 0.05) is 6.54 Å². The van der Waals surface area contributed by atoms with Crippen molar-refractivity contribution in [2.45, 2.75) is 18.6 Å². The Bertz CT molecular complexity index is 389. The van der Waals surface area contributed by atoms with Gasteiger partial charge in [0.15, 0.2) is 0 Å². The molecule has 0 saturated heterocycles. The van der Waals surface area contributed by atoms with E-state index < -0.39 is 6.10 Å². The third kappa shape index (κ3) is 1.92. The first-order valence-electron chi connectivity index (χ1n) is 5.02. The van der Waals surface area contributed by atoms with Crippen LogP contribution in [0.25, 0.3) is 0 Å². The number of hydrogen-bond acceptors (Lipinski definition) is 4. The molecule has 2 unspecified atom stereocenters. The van der Waals surface area contributed by atoms with Crippen LogP contribution in [0.5, 0.6) is 0 Å². The molecule has 0 aliphatic heterocycles. The van der Waals surface area contributed by atoms with Crippen LogP contribution >= 0.6 is 0 Å². The van der Waals surface area contributed by atoms with E-state index in [4.69, 9.17) is 11.5 Å². The Morgan fingerprint density at radius 2 is 2.33 bits per heavy atom. The van der Waals surface area contributed by atoms with E-state index in [1.54, 1.807) is 6.08 Å². The quantitative estimate of drug-likeness (QED) is 0.601. The molecule has 1 aliphatic rings. The SMILES string of the molecule is NCC(N)c1ccc2c(n1)C(O)C=CC2. The van der Waals surface area contributed by atoms with E-state index >= 15 is 0 Å². The molecule has 0 saturated carbocycles. The molecule has 0 fully saturated rings. The van der Waals surface area contributed by atoms with Crippen LogP contribution in [-0.4, -0.2) is 16.6 Å². The summed E-state index contributed by atoms with van der Waals surface area (Å²) in [6.07, 6.45) is 3.89. The van der Waals surface area contributed by atoms with E-state index in [2.05, 4.69) is 4.98 Å². The molecule has 2 rings (SSSR count). The van der Waals surface area contributed by atoms with Crippen molar-refractivity contribution in [3.8, 4) is 0 Å². The minimum atomic E-state index is -0.612. The van der Waals surface area contributed by atoms with Crippen molar-refractivity contribution < 1.29 is 5.11 Å². The standard InChI is InChI=1S/C11H15N3O/c12-6-8(13)9-5-4-7-2-1-3-10(15)11(7)14-9/h1,3-5,8,10,15H,2,6,12-13H2. The Labute approximate surface area is 88.6 Å². The molecule has 0 aromatic carbocycles. The van der Waals surface area contributed by atoms with Crippen LogP contribution in [0.15, 0.2) is 24.3 Å². The van der Waals surface area contributed by atoms with Crippen molar-refractivity contribution in [1.82, 2.24) is 4.98 Å². The van der Waals surface area contributed by atoms with Crippen LogP contribution in [0, 0.1) is 0 Å². The van der Waals surface area contributed by atoms with Gasteiger partial charge in [-0.25, -0.2) is 0 Å². The average Bonchev–Trinajstić information content (AvgIpc) is 2.28. The molecule has 5 N–H and O–H groups in total. The molecule has 15 heavy (non-hydrogen) atoms. The van der Waals surface area contributed by atoms with Crippen LogP contribution in [0.4, 0.5) is 0 Å². The minimum absolute atomic E-state index is 0.256. The normalized spacial score (nSPS) is 21.1. The summed E-state index contributed by atoms with van der Waals surface area (Å²) in [6.45, 7) is 0.359. The summed E-state index contributed by atoms with van der Waals surface area (Å²) in [5, 5.41) is 9.72. The maximum atomic E-state index is 9.72. The van der Waals surface area contributed by atoms with Gasteiger partial charge in [-0.2, -0.15) is 0 Å². The predicted molar refractivity (Wildman–Crippen MR) is 58.0 cm³/mol. The van der Waals surface area contributed by atoms with Gasteiger partial charge in [0.05, 0.1) is 17.4 Å². The molecule has 2 atom stereocenters. The van der Waals surface area contributed by atoms with Crippen LogP contribution in [0.2, 0.25) is 0 Å². The summed E-state index contributed by atoms with van der Waals surface area (Å²) < 4.78 is 0. The second-order valence-electron chi connectivity index (χ2n) is 3.70. The van der Waals surface area contributed by atoms with Gasteiger partial charge in [0.25, 0.3) is 0 Å². The highest BCUT2D eigenvalue weighted by Gasteiger charge is 2.16. The number of aliphatic hydroxyl groups is 1. The molecule has 1 aromatic heterocycles. The number of hydrogen-bond donors (Lipinski definition) is 3. The van der Waals surface area contributed by atoms with E-state index in [1.807, 2.05) is 18.2 Å². The second kappa shape index (κ2) is 4.10. The number of fused-ring (bicyclic) bond motifs is 1. The van der Waals surface area contributed by atoms with Gasteiger partial charge in [-0.05, 0) is 18.1 Å². The molecule has 1 heterocycles. The van der Waals surface area contributed by atoms with E-state index in [0.717, 1.165) is 17.7 Å². The fourth-order valence-corrected chi connectivity index (χ4v) is 1.69. The van der Waals surface area contributed by atoms with Crippen LogP contribution in [0.1, 0.15) is 29.1 Å². The monoisotopic (exact) mass is 205 g/mol. The zero-order chi connectivity index (χ0) is 10.8. The molecule has 0 amide bonds. The first-order valence-corrected chi connectivity index (χ1v) is 5.02. The highest BCUT2D eigenvalue weighted by atomic mass is 16.3. The smallest absolute Gasteiger partial charge is 0.114 e. The number of aliphatic hydroxyl groups excluding tert-OH is 1. The summed E-state index contributed by atoms with van der Waals surface area (Å²) in [6, 6.07) is 3.58. The Morgan fingerprint density at radius 1 is 1.53 bits per heavy atom. The van der Waals surface area contributed by atoms with Crippen LogP contribution in [-0.2, 0) is 6.42 Å². The Hall–Kier alpha value is -1.23. The lowest BCUT2D eigenvalue weighted by Crippen LogP contribution is -2.23. The highest BCUT2D eigenvalue weighted by molar-refractivity contribution is 5.33. The molecule has 0 bridgehead atoms. The van der Waals surface area contributed by atoms with Gasteiger partial charge in [-0.1, -0.05) is 18.2 Å². The molecular weight excluding hydrogens is 190 g/mol. The summed E-state index contributed by atoms with van der Waals surface area (Å²) in [5.41, 5.74) is 13.8. The lowest BCUT2D eigenvalue weighted by molar-refractivity contribution is 0.219. The molecule has 4 nitrogen and oxygen atoms in total. The van der Waals surface area contributed by atoms with Gasteiger partial charge in [0.2, 0.25) is 0 Å². The molecule has 4 heteroatoms. The van der Waals surface area contributed by atoms with Gasteiger partial charge >= 0.3 is 0 Å². The van der Waals surface area contributed by atoms with Gasteiger partial charge < -0.3 is 16.6 Å². The average molecular weight is 205 g/mol. The summed E-state index contributed by atoms with van der Waals surface area (Å²) >= 11 is 0. The maximum absolute atomic E-state index is 9.72. The highest BCUT2D eigenvalue weighted by Crippen LogP contribution is 2.24. The lowest BCUT2D eigenvalue weighted by atomic mass is 9.99. The first kappa shape index (κ1) is 10.3. The zero-order valence-electron chi connectivity index (χ0n) is 8.43. The molecule has 0 spiro atoms. The summed E-state index contributed by atoms with van der Waals surface area (Å²) in [7, 11) is 0. The maximum Gasteiger partial charge on any atom is 0.114 e. The number of allylic oxidation sites excluding steroid dienone is 1. The zero-order valence-corrected chi connectivity index (χ0v) is 8.43. The van der Waals surface area contributed by atoms with E-state index in [1.165, 1.54) is 0 Å². The molecular formula is C11H15N3O. The first-order chi connectivity index (χ1) is 7.22. The van der Waals surface area contributed by atoms with E-state index in [-0.39, 0.29) is 6.04 Å². The predicted octanol–water partition coefficient (Wildman–Crippen LogP) is 0.186. The molecule has 80 valence electrons. The van der Waals surface area contributed by atoms with E-state index in [9.17, 15) is 5.11 Å². The molecule has 1 aliphatic carbocycles. The Kier molecular flexibility index (Phi) is 2.81. The molecule has 1 aromatic rings. The fourth-order valence-electron chi connectivity index (χ4n) is 1.69. The number of nitrogens with two attached hydrogens (primary N) is 2. The van der Waals surface area contributed by atoms with Crippen molar-refractivity contribution in [3.05, 3.63) is 41.2 Å². The van der Waals surface area contributed by atoms with Crippen molar-refractivity contribution in [3.63, 3.8) is 0 Å².